The van der Waals surface area contributed by atoms with Gasteiger partial charge in [-0.15, -0.1) is 0 Å². The molecule has 0 radical (unpaired) electrons. The van der Waals surface area contributed by atoms with Gasteiger partial charge in [-0.05, 0) is 17.7 Å². The van der Waals surface area contributed by atoms with Crippen LogP contribution in [0.15, 0.2) is 36.7 Å². The molecule has 1 aromatic heterocycles. The smallest absolute Gasteiger partial charge is 0.405 e. The molecule has 0 aliphatic carbocycles. The number of rotatable bonds is 3. The standard InChI is InChI=1S/C16H16N2O4/c1-20-12-6-11(8-18-9-12)10-2-3-13-14(22-16(17)19)4-5-21-15(13)7-10/h2-3,6-9,14H,4-5H2,1H3,(H2,17,19). The molecule has 2 heterocycles. The number of nitrogens with two attached hydrogens (primary N) is 1. The van der Waals surface area contributed by atoms with Crippen LogP contribution in [0.1, 0.15) is 18.1 Å². The van der Waals surface area contributed by atoms with Crippen molar-refractivity contribution in [3.8, 4) is 22.6 Å². The van der Waals surface area contributed by atoms with E-state index in [1.165, 1.54) is 0 Å². The molecule has 1 amide bonds. The van der Waals surface area contributed by atoms with Crippen molar-refractivity contribution in [2.75, 3.05) is 13.7 Å². The normalized spacial score (nSPS) is 16.3. The SMILES string of the molecule is COc1cncc(-c2ccc3c(c2)OCCC3OC(N)=O)c1. The highest BCUT2D eigenvalue weighted by Gasteiger charge is 2.24. The molecule has 1 aliphatic rings. The number of aromatic nitrogens is 1. The number of primary amides is 1. The maximum absolute atomic E-state index is 11.0. The van der Waals surface area contributed by atoms with E-state index in [1.54, 1.807) is 19.5 Å². The van der Waals surface area contributed by atoms with Crippen LogP contribution in [0.5, 0.6) is 11.5 Å². The molecule has 0 fully saturated rings. The Morgan fingerprint density at radius 2 is 2.18 bits per heavy atom. The third-order valence-electron chi connectivity index (χ3n) is 3.54. The second-order valence-corrected chi connectivity index (χ2v) is 4.93. The number of nitrogens with zero attached hydrogens (tertiary/aromatic N) is 1. The van der Waals surface area contributed by atoms with E-state index in [0.717, 1.165) is 16.7 Å². The summed E-state index contributed by atoms with van der Waals surface area (Å²) >= 11 is 0. The van der Waals surface area contributed by atoms with E-state index in [0.29, 0.717) is 24.5 Å². The van der Waals surface area contributed by atoms with Crippen LogP contribution >= 0.6 is 0 Å². The predicted molar refractivity (Wildman–Crippen MR) is 79.7 cm³/mol. The van der Waals surface area contributed by atoms with Crippen LogP contribution < -0.4 is 15.2 Å². The number of carbonyl (C=O) groups excluding carboxylic acids is 1. The fourth-order valence-electron chi connectivity index (χ4n) is 2.49. The van der Waals surface area contributed by atoms with Gasteiger partial charge in [0.2, 0.25) is 0 Å². The quantitative estimate of drug-likeness (QED) is 0.942. The fourth-order valence-corrected chi connectivity index (χ4v) is 2.49. The molecule has 2 aromatic rings. The molecule has 0 spiro atoms. The Balaban J connectivity index is 1.94. The van der Waals surface area contributed by atoms with Crippen molar-refractivity contribution in [2.45, 2.75) is 12.5 Å². The number of methoxy groups -OCH3 is 1. The molecule has 1 unspecified atom stereocenters. The first kappa shape index (κ1) is 14.2. The van der Waals surface area contributed by atoms with Gasteiger partial charge >= 0.3 is 6.09 Å². The third kappa shape index (κ3) is 2.81. The van der Waals surface area contributed by atoms with Crippen LogP contribution in [0.2, 0.25) is 0 Å². The van der Waals surface area contributed by atoms with E-state index < -0.39 is 6.09 Å². The zero-order valence-electron chi connectivity index (χ0n) is 12.1. The molecule has 2 N–H and O–H groups in total. The third-order valence-corrected chi connectivity index (χ3v) is 3.54. The van der Waals surface area contributed by atoms with Gasteiger partial charge in [0.1, 0.15) is 17.6 Å². The summed E-state index contributed by atoms with van der Waals surface area (Å²) in [6, 6.07) is 7.62. The Morgan fingerprint density at radius 3 is 2.95 bits per heavy atom. The van der Waals surface area contributed by atoms with Crippen molar-refractivity contribution in [1.29, 1.82) is 0 Å². The largest absolute Gasteiger partial charge is 0.495 e. The molecular weight excluding hydrogens is 284 g/mol. The first-order valence-corrected chi connectivity index (χ1v) is 6.89. The number of ether oxygens (including phenoxy) is 3. The van der Waals surface area contributed by atoms with Crippen molar-refractivity contribution in [2.24, 2.45) is 5.73 Å². The molecule has 1 atom stereocenters. The Morgan fingerprint density at radius 1 is 1.32 bits per heavy atom. The maximum atomic E-state index is 11.0. The molecule has 6 nitrogen and oxygen atoms in total. The summed E-state index contributed by atoms with van der Waals surface area (Å²) in [5, 5.41) is 0. The van der Waals surface area contributed by atoms with Gasteiger partial charge in [-0.3, -0.25) is 4.98 Å². The minimum absolute atomic E-state index is 0.362. The van der Waals surface area contributed by atoms with Gasteiger partial charge in [-0.25, -0.2) is 4.79 Å². The second kappa shape index (κ2) is 5.93. The van der Waals surface area contributed by atoms with Crippen molar-refractivity contribution >= 4 is 6.09 Å². The van der Waals surface area contributed by atoms with E-state index in [4.69, 9.17) is 19.9 Å². The predicted octanol–water partition coefficient (Wildman–Crippen LogP) is 2.68. The number of carbonyl (C=O) groups is 1. The van der Waals surface area contributed by atoms with Crippen LogP contribution in [0.3, 0.4) is 0 Å². The molecule has 0 bridgehead atoms. The van der Waals surface area contributed by atoms with Gasteiger partial charge in [0.05, 0.1) is 19.9 Å². The van der Waals surface area contributed by atoms with Gasteiger partial charge in [-0.1, -0.05) is 12.1 Å². The molecular formula is C16H16N2O4. The first-order chi connectivity index (χ1) is 10.7. The van der Waals surface area contributed by atoms with E-state index in [2.05, 4.69) is 4.98 Å². The van der Waals surface area contributed by atoms with E-state index in [9.17, 15) is 4.79 Å². The highest BCUT2D eigenvalue weighted by Crippen LogP contribution is 2.37. The van der Waals surface area contributed by atoms with E-state index in [-0.39, 0.29) is 6.10 Å². The number of hydrogen-bond donors (Lipinski definition) is 1. The summed E-state index contributed by atoms with van der Waals surface area (Å²) in [5.74, 6) is 1.38. The number of amides is 1. The molecule has 6 heteroatoms. The first-order valence-electron chi connectivity index (χ1n) is 6.89. The zero-order valence-corrected chi connectivity index (χ0v) is 12.1. The highest BCUT2D eigenvalue weighted by molar-refractivity contribution is 5.68. The lowest BCUT2D eigenvalue weighted by atomic mass is 9.98. The second-order valence-electron chi connectivity index (χ2n) is 4.93. The molecule has 1 aliphatic heterocycles. The van der Waals surface area contributed by atoms with Crippen molar-refractivity contribution in [1.82, 2.24) is 4.98 Å². The highest BCUT2D eigenvalue weighted by atomic mass is 16.6. The van der Waals surface area contributed by atoms with Crippen molar-refractivity contribution in [3.63, 3.8) is 0 Å². The average Bonchev–Trinajstić information content (AvgIpc) is 2.54. The topological polar surface area (TPSA) is 83.7 Å². The fraction of sp³-hybridized carbons (Fsp3) is 0.250. The molecule has 114 valence electrons. The van der Waals surface area contributed by atoms with Gasteiger partial charge in [0, 0.05) is 23.7 Å². The summed E-state index contributed by atoms with van der Waals surface area (Å²) in [4.78, 5) is 15.1. The van der Waals surface area contributed by atoms with Crippen LogP contribution in [-0.2, 0) is 4.74 Å². The molecule has 22 heavy (non-hydrogen) atoms. The summed E-state index contributed by atoms with van der Waals surface area (Å²) in [7, 11) is 1.60. The zero-order chi connectivity index (χ0) is 15.5. The lowest BCUT2D eigenvalue weighted by Crippen LogP contribution is -2.22. The van der Waals surface area contributed by atoms with Crippen molar-refractivity contribution in [3.05, 3.63) is 42.2 Å². The van der Waals surface area contributed by atoms with Crippen molar-refractivity contribution < 1.29 is 19.0 Å². The lowest BCUT2D eigenvalue weighted by Gasteiger charge is -2.25. The molecule has 3 rings (SSSR count). The van der Waals surface area contributed by atoms with Gasteiger partial charge in [-0.2, -0.15) is 0 Å². The van der Waals surface area contributed by atoms with Crippen LogP contribution in [0.4, 0.5) is 4.79 Å². The summed E-state index contributed by atoms with van der Waals surface area (Å²) in [6.45, 7) is 0.477. The molecule has 1 aromatic carbocycles. The summed E-state index contributed by atoms with van der Waals surface area (Å²) < 4.78 is 16.0. The van der Waals surface area contributed by atoms with Crippen LogP contribution in [-0.4, -0.2) is 24.8 Å². The Bertz CT molecular complexity index is 702. The van der Waals surface area contributed by atoms with E-state index in [1.807, 2.05) is 24.3 Å². The Kier molecular flexibility index (Phi) is 3.82. The number of pyridine rings is 1. The average molecular weight is 300 g/mol. The minimum Gasteiger partial charge on any atom is -0.495 e. The Labute approximate surface area is 127 Å². The number of fused-ring (bicyclic) bond motifs is 1. The maximum Gasteiger partial charge on any atom is 0.405 e. The number of benzene rings is 1. The van der Waals surface area contributed by atoms with E-state index >= 15 is 0 Å². The van der Waals surface area contributed by atoms with Gasteiger partial charge < -0.3 is 19.9 Å². The summed E-state index contributed by atoms with van der Waals surface area (Å²) in [6.07, 6.45) is 2.85. The monoisotopic (exact) mass is 300 g/mol. The Hall–Kier alpha value is -2.76. The summed E-state index contributed by atoms with van der Waals surface area (Å²) in [5.41, 5.74) is 7.80. The van der Waals surface area contributed by atoms with Gasteiger partial charge in [0.25, 0.3) is 0 Å². The molecule has 0 saturated carbocycles. The minimum atomic E-state index is -0.779. The van der Waals surface area contributed by atoms with Crippen LogP contribution in [0.25, 0.3) is 11.1 Å². The molecule has 0 saturated heterocycles. The lowest BCUT2D eigenvalue weighted by molar-refractivity contribution is 0.0766. The van der Waals surface area contributed by atoms with Crippen LogP contribution in [0, 0.1) is 0 Å². The van der Waals surface area contributed by atoms with Gasteiger partial charge in [0.15, 0.2) is 0 Å². The number of hydrogen-bond acceptors (Lipinski definition) is 5.